The summed E-state index contributed by atoms with van der Waals surface area (Å²) < 4.78 is 51.5. The molecule has 0 amide bonds. The summed E-state index contributed by atoms with van der Waals surface area (Å²) in [4.78, 5) is 12.7. The monoisotopic (exact) mass is 366 g/mol. The van der Waals surface area contributed by atoms with Gasteiger partial charge in [-0.25, -0.2) is 9.37 Å². The molecule has 0 N–H and O–H groups in total. The number of rotatable bonds is 3. The van der Waals surface area contributed by atoms with Crippen molar-refractivity contribution >= 4 is 28.3 Å². The average Bonchev–Trinajstić information content (AvgIpc) is 2.15. The van der Waals surface area contributed by atoms with Crippen LogP contribution in [0.15, 0.2) is 6.20 Å². The standard InChI is InChI=1S/C7H3F4IN2O3/c8-1-3-5(12)4(14(15)16)2-13-6(3)17-7(9,10)11/h2H,1H2. The molecular weight excluding hydrogens is 363 g/mol. The molecule has 1 heterocycles. The molecule has 0 aliphatic rings. The summed E-state index contributed by atoms with van der Waals surface area (Å²) in [5.74, 6) is -1.02. The van der Waals surface area contributed by atoms with Gasteiger partial charge in [-0.05, 0) is 22.6 Å². The average molecular weight is 366 g/mol. The Balaban J connectivity index is 3.26. The van der Waals surface area contributed by atoms with E-state index in [2.05, 4.69) is 9.72 Å². The van der Waals surface area contributed by atoms with E-state index >= 15 is 0 Å². The van der Waals surface area contributed by atoms with Crippen LogP contribution in [-0.2, 0) is 6.67 Å². The summed E-state index contributed by atoms with van der Waals surface area (Å²) in [7, 11) is 0. The van der Waals surface area contributed by atoms with Gasteiger partial charge in [0, 0.05) is 0 Å². The van der Waals surface area contributed by atoms with Crippen molar-refractivity contribution in [1.29, 1.82) is 0 Å². The molecule has 0 saturated carbocycles. The number of hydrogen-bond acceptors (Lipinski definition) is 4. The summed E-state index contributed by atoms with van der Waals surface area (Å²) >= 11 is 1.36. The lowest BCUT2D eigenvalue weighted by molar-refractivity contribution is -0.386. The Labute approximate surface area is 105 Å². The molecule has 1 rings (SSSR count). The Morgan fingerprint density at radius 3 is 2.53 bits per heavy atom. The number of halogens is 5. The van der Waals surface area contributed by atoms with Crippen molar-refractivity contribution in [2.45, 2.75) is 13.0 Å². The summed E-state index contributed by atoms with van der Waals surface area (Å²) in [5.41, 5.74) is -1.18. The van der Waals surface area contributed by atoms with E-state index in [4.69, 9.17) is 0 Å². The van der Waals surface area contributed by atoms with E-state index < -0.39 is 35.1 Å². The van der Waals surface area contributed by atoms with Crippen molar-refractivity contribution in [2.24, 2.45) is 0 Å². The molecule has 0 fully saturated rings. The predicted molar refractivity (Wildman–Crippen MR) is 55.1 cm³/mol. The molecule has 0 saturated heterocycles. The van der Waals surface area contributed by atoms with Crippen molar-refractivity contribution in [3.63, 3.8) is 0 Å². The van der Waals surface area contributed by atoms with Crippen LogP contribution in [-0.4, -0.2) is 16.3 Å². The lowest BCUT2D eigenvalue weighted by Gasteiger charge is -2.11. The third-order valence-corrected chi connectivity index (χ3v) is 2.80. The van der Waals surface area contributed by atoms with Crippen LogP contribution in [0.2, 0.25) is 0 Å². The minimum atomic E-state index is -5.03. The SMILES string of the molecule is O=[N+]([O-])c1cnc(OC(F)(F)F)c(CF)c1I. The van der Waals surface area contributed by atoms with Gasteiger partial charge in [0.05, 0.1) is 10.5 Å². The van der Waals surface area contributed by atoms with Gasteiger partial charge in [-0.3, -0.25) is 10.1 Å². The molecule has 0 spiro atoms. The van der Waals surface area contributed by atoms with E-state index in [0.29, 0.717) is 6.20 Å². The Hall–Kier alpha value is -1.20. The van der Waals surface area contributed by atoms with Gasteiger partial charge in [-0.15, -0.1) is 13.2 Å². The number of ether oxygens (including phenoxy) is 1. The smallest absolute Gasteiger partial charge is 0.387 e. The lowest BCUT2D eigenvalue weighted by atomic mass is 10.3. The van der Waals surface area contributed by atoms with Gasteiger partial charge in [0.1, 0.15) is 16.4 Å². The zero-order chi connectivity index (χ0) is 13.2. The van der Waals surface area contributed by atoms with E-state index in [1.54, 1.807) is 0 Å². The first-order valence-corrected chi connectivity index (χ1v) is 4.97. The second-order valence-corrected chi connectivity index (χ2v) is 3.76. The largest absolute Gasteiger partial charge is 0.574 e. The van der Waals surface area contributed by atoms with Crippen molar-refractivity contribution in [1.82, 2.24) is 4.98 Å². The van der Waals surface area contributed by atoms with Gasteiger partial charge in [0.25, 0.3) is 0 Å². The fourth-order valence-electron chi connectivity index (χ4n) is 0.944. The third kappa shape index (κ3) is 3.38. The maximum atomic E-state index is 12.6. The quantitative estimate of drug-likeness (QED) is 0.357. The van der Waals surface area contributed by atoms with E-state index in [1.807, 2.05) is 0 Å². The molecule has 0 aliphatic heterocycles. The number of hydrogen-bond donors (Lipinski definition) is 0. The molecule has 0 atom stereocenters. The van der Waals surface area contributed by atoms with Gasteiger partial charge in [-0.1, -0.05) is 0 Å². The highest BCUT2D eigenvalue weighted by Gasteiger charge is 2.34. The molecule has 1 aromatic rings. The maximum Gasteiger partial charge on any atom is 0.574 e. The van der Waals surface area contributed by atoms with Crippen LogP contribution in [0, 0.1) is 13.7 Å². The minimum Gasteiger partial charge on any atom is -0.387 e. The molecule has 94 valence electrons. The van der Waals surface area contributed by atoms with Crippen molar-refractivity contribution in [2.75, 3.05) is 0 Å². The number of alkyl halides is 4. The molecule has 0 unspecified atom stereocenters. The van der Waals surface area contributed by atoms with Crippen LogP contribution in [0.3, 0.4) is 0 Å². The summed E-state index contributed by atoms with van der Waals surface area (Å²) in [6.45, 7) is -1.35. The minimum absolute atomic E-state index is 0.274. The normalized spacial score (nSPS) is 11.4. The molecule has 1 aromatic heterocycles. The molecule has 10 heteroatoms. The highest BCUT2D eigenvalue weighted by Crippen LogP contribution is 2.32. The predicted octanol–water partition coefficient (Wildman–Crippen LogP) is 2.96. The van der Waals surface area contributed by atoms with Crippen molar-refractivity contribution < 1.29 is 27.2 Å². The Kier molecular flexibility index (Phi) is 4.06. The van der Waals surface area contributed by atoms with Gasteiger partial charge < -0.3 is 4.74 Å². The Morgan fingerprint density at radius 1 is 1.53 bits per heavy atom. The zero-order valence-corrected chi connectivity index (χ0v) is 9.95. The fourth-order valence-corrected chi connectivity index (χ4v) is 1.65. The van der Waals surface area contributed by atoms with Gasteiger partial charge in [-0.2, -0.15) is 0 Å². The van der Waals surface area contributed by atoms with E-state index in [-0.39, 0.29) is 3.57 Å². The number of nitro groups is 1. The highest BCUT2D eigenvalue weighted by atomic mass is 127. The topological polar surface area (TPSA) is 65.3 Å². The van der Waals surface area contributed by atoms with E-state index in [0.717, 1.165) is 0 Å². The van der Waals surface area contributed by atoms with Crippen molar-refractivity contribution in [3.05, 3.63) is 25.4 Å². The van der Waals surface area contributed by atoms with Gasteiger partial charge in [0.15, 0.2) is 0 Å². The Morgan fingerprint density at radius 2 is 2.12 bits per heavy atom. The summed E-state index contributed by atoms with van der Waals surface area (Å²) in [6.07, 6.45) is -4.45. The summed E-state index contributed by atoms with van der Waals surface area (Å²) in [5, 5.41) is 10.5. The first-order valence-electron chi connectivity index (χ1n) is 3.89. The molecule has 0 radical (unpaired) electrons. The van der Waals surface area contributed by atoms with Crippen LogP contribution >= 0.6 is 22.6 Å². The molecule has 0 aliphatic carbocycles. The van der Waals surface area contributed by atoms with E-state index in [1.165, 1.54) is 22.6 Å². The van der Waals surface area contributed by atoms with Crippen LogP contribution in [0.1, 0.15) is 5.56 Å². The number of nitrogens with zero attached hydrogens (tertiary/aromatic N) is 2. The third-order valence-electron chi connectivity index (χ3n) is 1.59. The second-order valence-electron chi connectivity index (χ2n) is 2.68. The fraction of sp³-hybridized carbons (Fsp3) is 0.286. The van der Waals surface area contributed by atoms with Crippen molar-refractivity contribution in [3.8, 4) is 5.88 Å². The summed E-state index contributed by atoms with van der Waals surface area (Å²) in [6, 6.07) is 0. The Bertz CT molecular complexity index is 451. The molecule has 0 aromatic carbocycles. The first-order chi connectivity index (χ1) is 7.76. The highest BCUT2D eigenvalue weighted by molar-refractivity contribution is 14.1. The van der Waals surface area contributed by atoms with E-state index in [9.17, 15) is 27.7 Å². The maximum absolute atomic E-state index is 12.6. The number of aromatic nitrogens is 1. The molecule has 0 bridgehead atoms. The molecular formula is C7H3F4IN2O3. The first kappa shape index (κ1) is 13.9. The molecule has 17 heavy (non-hydrogen) atoms. The number of pyridine rings is 1. The molecule has 5 nitrogen and oxygen atoms in total. The van der Waals surface area contributed by atoms with Crippen LogP contribution < -0.4 is 4.74 Å². The van der Waals surface area contributed by atoms with Crippen LogP contribution in [0.4, 0.5) is 23.2 Å². The van der Waals surface area contributed by atoms with Gasteiger partial charge >= 0.3 is 12.0 Å². The second kappa shape index (κ2) is 4.98. The van der Waals surface area contributed by atoms with Crippen LogP contribution in [0.25, 0.3) is 0 Å². The van der Waals surface area contributed by atoms with Crippen LogP contribution in [0.5, 0.6) is 5.88 Å². The zero-order valence-electron chi connectivity index (χ0n) is 7.79. The lowest BCUT2D eigenvalue weighted by Crippen LogP contribution is -2.19. The van der Waals surface area contributed by atoms with Gasteiger partial charge in [0.2, 0.25) is 5.88 Å².